The summed E-state index contributed by atoms with van der Waals surface area (Å²) in [6, 6.07) is 9.40. The van der Waals surface area contributed by atoms with E-state index in [-0.39, 0.29) is 0 Å². The van der Waals surface area contributed by atoms with E-state index in [1.165, 1.54) is 24.9 Å². The molecule has 1 aromatic carbocycles. The first kappa shape index (κ1) is 14.4. The molecule has 1 N–H and O–H groups in total. The van der Waals surface area contributed by atoms with Crippen LogP contribution in [0, 0.1) is 11.3 Å². The highest BCUT2D eigenvalue weighted by Gasteiger charge is 2.31. The van der Waals surface area contributed by atoms with Crippen LogP contribution >= 0.6 is 0 Å². The summed E-state index contributed by atoms with van der Waals surface area (Å²) in [7, 11) is 0. The van der Waals surface area contributed by atoms with Gasteiger partial charge in [-0.05, 0) is 43.6 Å². The smallest absolute Gasteiger partial charge is 0.101 e. The average Bonchev–Trinajstić information content (AvgIpc) is 3.00. The van der Waals surface area contributed by atoms with E-state index in [1.54, 1.807) is 0 Å². The van der Waals surface area contributed by atoms with Crippen LogP contribution in [0.15, 0.2) is 18.2 Å². The fourth-order valence-corrected chi connectivity index (χ4v) is 3.54. The summed E-state index contributed by atoms with van der Waals surface area (Å²) in [4.78, 5) is 5.00. The van der Waals surface area contributed by atoms with Crippen LogP contribution in [0.2, 0.25) is 0 Å². The summed E-state index contributed by atoms with van der Waals surface area (Å²) in [5.74, 6) is 0. The molecule has 1 atom stereocenters. The summed E-state index contributed by atoms with van der Waals surface area (Å²) >= 11 is 0. The van der Waals surface area contributed by atoms with Gasteiger partial charge < -0.3 is 10.2 Å². The maximum Gasteiger partial charge on any atom is 0.101 e. The van der Waals surface area contributed by atoms with E-state index in [2.05, 4.69) is 40.2 Å². The fraction of sp³-hybridized carbons (Fsp3) is 0.588. The average molecular weight is 284 g/mol. The van der Waals surface area contributed by atoms with Gasteiger partial charge in [0, 0.05) is 32.2 Å². The molecule has 2 aliphatic rings. The molecule has 112 valence electrons. The van der Waals surface area contributed by atoms with Crippen molar-refractivity contribution in [3.63, 3.8) is 0 Å². The lowest BCUT2D eigenvalue weighted by molar-refractivity contribution is 0.231. The van der Waals surface area contributed by atoms with E-state index in [0.29, 0.717) is 6.04 Å². The highest BCUT2D eigenvalue weighted by atomic mass is 15.3. The van der Waals surface area contributed by atoms with Crippen molar-refractivity contribution in [1.29, 1.82) is 5.26 Å². The van der Waals surface area contributed by atoms with Gasteiger partial charge in [0.25, 0.3) is 0 Å². The second-order valence-electron chi connectivity index (χ2n) is 6.02. The Bertz CT molecular complexity index is 534. The standard InChI is InChI=1S/C17H24N4/c1-2-19-12-14-5-6-17(15(10-14)11-18)21-9-8-20-7-3-4-16(20)13-21/h5-6,10,16,19H,2-4,7-9,12-13H2,1H3. The molecule has 21 heavy (non-hydrogen) atoms. The van der Waals surface area contributed by atoms with Crippen molar-refractivity contribution < 1.29 is 0 Å². The molecule has 0 aliphatic carbocycles. The maximum atomic E-state index is 9.48. The summed E-state index contributed by atoms with van der Waals surface area (Å²) < 4.78 is 0. The third-order valence-corrected chi connectivity index (χ3v) is 4.69. The Morgan fingerprint density at radius 1 is 1.33 bits per heavy atom. The Hall–Kier alpha value is -1.57. The largest absolute Gasteiger partial charge is 0.368 e. The quantitative estimate of drug-likeness (QED) is 0.918. The predicted octanol–water partition coefficient (Wildman–Crippen LogP) is 1.95. The van der Waals surface area contributed by atoms with Gasteiger partial charge in [-0.2, -0.15) is 5.26 Å². The number of benzene rings is 1. The van der Waals surface area contributed by atoms with Crippen molar-refractivity contribution in [3.8, 4) is 6.07 Å². The Kier molecular flexibility index (Phi) is 4.42. The molecule has 0 radical (unpaired) electrons. The number of nitriles is 1. The zero-order valence-electron chi connectivity index (χ0n) is 12.8. The van der Waals surface area contributed by atoms with Crippen LogP contribution in [0.5, 0.6) is 0 Å². The van der Waals surface area contributed by atoms with Gasteiger partial charge in [-0.25, -0.2) is 0 Å². The third kappa shape index (κ3) is 3.04. The Labute approximate surface area is 127 Å². The molecule has 0 aromatic heterocycles. The minimum atomic E-state index is 0.687. The summed E-state index contributed by atoms with van der Waals surface area (Å²) in [6.07, 6.45) is 2.63. The molecule has 2 fully saturated rings. The van der Waals surface area contributed by atoms with E-state index >= 15 is 0 Å². The molecule has 4 nitrogen and oxygen atoms in total. The molecule has 0 saturated carbocycles. The molecule has 0 amide bonds. The summed E-state index contributed by atoms with van der Waals surface area (Å²) in [5, 5.41) is 12.8. The highest BCUT2D eigenvalue weighted by molar-refractivity contribution is 5.61. The first-order chi connectivity index (χ1) is 10.3. The Morgan fingerprint density at radius 3 is 3.05 bits per heavy atom. The molecular weight excluding hydrogens is 260 g/mol. The highest BCUT2D eigenvalue weighted by Crippen LogP contribution is 2.28. The Balaban J connectivity index is 1.76. The molecule has 4 heteroatoms. The van der Waals surface area contributed by atoms with E-state index in [4.69, 9.17) is 0 Å². The van der Waals surface area contributed by atoms with Gasteiger partial charge in [0.15, 0.2) is 0 Å². The van der Waals surface area contributed by atoms with Gasteiger partial charge in [0.1, 0.15) is 6.07 Å². The fourth-order valence-electron chi connectivity index (χ4n) is 3.54. The zero-order chi connectivity index (χ0) is 14.7. The van der Waals surface area contributed by atoms with Gasteiger partial charge in [-0.15, -0.1) is 0 Å². The molecule has 1 aromatic rings. The topological polar surface area (TPSA) is 42.3 Å². The minimum absolute atomic E-state index is 0.687. The van der Waals surface area contributed by atoms with Gasteiger partial charge in [0.2, 0.25) is 0 Å². The first-order valence-electron chi connectivity index (χ1n) is 8.04. The normalized spacial score (nSPS) is 22.1. The van der Waals surface area contributed by atoms with E-state index < -0.39 is 0 Å². The number of hydrogen-bond donors (Lipinski definition) is 1. The second kappa shape index (κ2) is 6.46. The van der Waals surface area contributed by atoms with E-state index in [9.17, 15) is 5.26 Å². The van der Waals surface area contributed by atoms with Crippen LogP contribution in [-0.4, -0.2) is 43.7 Å². The molecule has 0 spiro atoms. The maximum absolute atomic E-state index is 9.48. The van der Waals surface area contributed by atoms with E-state index in [1.807, 2.05) is 6.07 Å². The number of fused-ring (bicyclic) bond motifs is 1. The minimum Gasteiger partial charge on any atom is -0.368 e. The lowest BCUT2D eigenvalue weighted by Gasteiger charge is -2.39. The number of nitrogens with one attached hydrogen (secondary N) is 1. The van der Waals surface area contributed by atoms with Gasteiger partial charge >= 0.3 is 0 Å². The van der Waals surface area contributed by atoms with Crippen molar-refractivity contribution >= 4 is 5.69 Å². The SMILES string of the molecule is CCNCc1ccc(N2CCN3CCCC3C2)c(C#N)c1. The molecule has 0 bridgehead atoms. The molecule has 1 unspecified atom stereocenters. The van der Waals surface area contributed by atoms with Crippen molar-refractivity contribution in [2.45, 2.75) is 32.4 Å². The van der Waals surface area contributed by atoms with Crippen LogP contribution < -0.4 is 10.2 Å². The number of rotatable bonds is 4. The molecule has 2 saturated heterocycles. The lowest BCUT2D eigenvalue weighted by Crippen LogP contribution is -2.50. The van der Waals surface area contributed by atoms with E-state index in [0.717, 1.165) is 44.0 Å². The van der Waals surface area contributed by atoms with Crippen LogP contribution in [0.1, 0.15) is 30.9 Å². The second-order valence-corrected chi connectivity index (χ2v) is 6.02. The molecule has 2 heterocycles. The zero-order valence-corrected chi connectivity index (χ0v) is 12.8. The first-order valence-corrected chi connectivity index (χ1v) is 8.04. The molecule has 2 aliphatic heterocycles. The number of nitrogens with zero attached hydrogens (tertiary/aromatic N) is 3. The molecular formula is C17H24N4. The summed E-state index contributed by atoms with van der Waals surface area (Å²) in [5.41, 5.74) is 3.12. The van der Waals surface area contributed by atoms with Crippen molar-refractivity contribution in [2.24, 2.45) is 0 Å². The van der Waals surface area contributed by atoms with Gasteiger partial charge in [-0.3, -0.25) is 4.90 Å². The van der Waals surface area contributed by atoms with Crippen LogP contribution in [0.3, 0.4) is 0 Å². The van der Waals surface area contributed by atoms with Crippen LogP contribution in [0.25, 0.3) is 0 Å². The number of anilines is 1. The van der Waals surface area contributed by atoms with Crippen molar-refractivity contribution in [3.05, 3.63) is 29.3 Å². The van der Waals surface area contributed by atoms with Crippen LogP contribution in [0.4, 0.5) is 5.69 Å². The summed E-state index contributed by atoms with van der Waals surface area (Å²) in [6.45, 7) is 8.38. The Morgan fingerprint density at radius 2 is 2.24 bits per heavy atom. The number of piperazine rings is 1. The van der Waals surface area contributed by atoms with Crippen molar-refractivity contribution in [1.82, 2.24) is 10.2 Å². The monoisotopic (exact) mass is 284 g/mol. The third-order valence-electron chi connectivity index (χ3n) is 4.69. The van der Waals surface area contributed by atoms with Crippen LogP contribution in [-0.2, 0) is 6.54 Å². The van der Waals surface area contributed by atoms with Gasteiger partial charge in [0.05, 0.1) is 11.3 Å². The molecule has 3 rings (SSSR count). The van der Waals surface area contributed by atoms with Gasteiger partial charge in [-0.1, -0.05) is 13.0 Å². The number of hydrogen-bond acceptors (Lipinski definition) is 4. The van der Waals surface area contributed by atoms with Crippen molar-refractivity contribution in [2.75, 3.05) is 37.6 Å². The lowest BCUT2D eigenvalue weighted by atomic mass is 10.1. The predicted molar refractivity (Wildman–Crippen MR) is 85.3 cm³/mol.